The highest BCUT2D eigenvalue weighted by Gasteiger charge is 2.18. The molecule has 1 aromatic heterocycles. The number of hydrogen-bond acceptors (Lipinski definition) is 6. The summed E-state index contributed by atoms with van der Waals surface area (Å²) in [6.07, 6.45) is 0. The van der Waals surface area contributed by atoms with E-state index in [9.17, 15) is 19.7 Å². The van der Waals surface area contributed by atoms with Gasteiger partial charge in [-0.05, 0) is 43.3 Å². The van der Waals surface area contributed by atoms with Crippen LogP contribution in [0.25, 0.3) is 22.3 Å². The largest absolute Gasteiger partial charge is 0.497 e. The van der Waals surface area contributed by atoms with E-state index >= 15 is 0 Å². The zero-order chi connectivity index (χ0) is 22.8. The average molecular weight is 430 g/mol. The monoisotopic (exact) mass is 430 g/mol. The highest BCUT2D eigenvalue weighted by atomic mass is 16.6. The molecule has 0 spiro atoms. The van der Waals surface area contributed by atoms with Crippen molar-refractivity contribution in [3.05, 3.63) is 98.3 Å². The summed E-state index contributed by atoms with van der Waals surface area (Å²) >= 11 is 0. The van der Waals surface area contributed by atoms with Gasteiger partial charge in [0, 0.05) is 22.8 Å². The number of methoxy groups -OCH3 is 1. The number of carbonyl (C=O) groups excluding carboxylic acids is 1. The van der Waals surface area contributed by atoms with Gasteiger partial charge in [0.05, 0.1) is 22.9 Å². The van der Waals surface area contributed by atoms with Crippen LogP contribution >= 0.6 is 0 Å². The van der Waals surface area contributed by atoms with Gasteiger partial charge in [0.1, 0.15) is 5.75 Å². The molecule has 3 aromatic carbocycles. The first-order valence-electron chi connectivity index (χ1n) is 9.61. The molecular weight excluding hydrogens is 412 g/mol. The molecule has 0 fully saturated rings. The van der Waals surface area contributed by atoms with E-state index in [0.717, 1.165) is 4.68 Å². The predicted octanol–water partition coefficient (Wildman–Crippen LogP) is 3.67. The smallest absolute Gasteiger partial charge is 0.280 e. The summed E-state index contributed by atoms with van der Waals surface area (Å²) in [5, 5.41) is 11.4. The quantitative estimate of drug-likeness (QED) is 0.381. The van der Waals surface area contributed by atoms with Crippen molar-refractivity contribution in [2.75, 3.05) is 12.5 Å². The Morgan fingerprint density at radius 3 is 2.59 bits per heavy atom. The van der Waals surface area contributed by atoms with Crippen LogP contribution < -0.4 is 15.7 Å². The number of nitrogens with zero attached hydrogens (tertiary/aromatic N) is 3. The number of aromatic nitrogens is 2. The Morgan fingerprint density at radius 2 is 1.88 bits per heavy atom. The number of aryl methyl sites for hydroxylation is 1. The number of benzene rings is 3. The summed E-state index contributed by atoms with van der Waals surface area (Å²) in [7, 11) is 1.53. The SMILES string of the molecule is COc1cccc(-c2nc3ccccc3c(=O)n2NC(=O)c2ccc([N+](=O)[O-])c(C)c2)c1. The lowest BCUT2D eigenvalue weighted by molar-refractivity contribution is -0.385. The number of fused-ring (bicyclic) bond motifs is 1. The van der Waals surface area contributed by atoms with Gasteiger partial charge in [0.2, 0.25) is 0 Å². The van der Waals surface area contributed by atoms with Gasteiger partial charge in [0.25, 0.3) is 17.2 Å². The Bertz CT molecular complexity index is 1430. The van der Waals surface area contributed by atoms with Crippen LogP contribution in [0.15, 0.2) is 71.5 Å². The van der Waals surface area contributed by atoms with Gasteiger partial charge in [-0.3, -0.25) is 25.1 Å². The molecular formula is C23H18N4O5. The molecule has 0 radical (unpaired) electrons. The van der Waals surface area contributed by atoms with Crippen LogP contribution in [0.2, 0.25) is 0 Å². The lowest BCUT2D eigenvalue weighted by Crippen LogP contribution is -2.35. The highest BCUT2D eigenvalue weighted by molar-refractivity contribution is 6.00. The van der Waals surface area contributed by atoms with Gasteiger partial charge in [-0.1, -0.05) is 24.3 Å². The Balaban J connectivity index is 1.84. The van der Waals surface area contributed by atoms with E-state index in [0.29, 0.717) is 27.8 Å². The normalized spacial score (nSPS) is 10.7. The van der Waals surface area contributed by atoms with Crippen LogP contribution in [0, 0.1) is 17.0 Å². The molecule has 4 aromatic rings. The second-order valence-electron chi connectivity index (χ2n) is 7.02. The summed E-state index contributed by atoms with van der Waals surface area (Å²) in [5.74, 6) is 0.180. The van der Waals surface area contributed by atoms with Gasteiger partial charge in [-0.2, -0.15) is 4.68 Å². The van der Waals surface area contributed by atoms with Crippen molar-refractivity contribution in [1.29, 1.82) is 0 Å². The first-order chi connectivity index (χ1) is 15.4. The zero-order valence-electron chi connectivity index (χ0n) is 17.2. The van der Waals surface area contributed by atoms with E-state index in [4.69, 9.17) is 4.74 Å². The lowest BCUT2D eigenvalue weighted by Gasteiger charge is -2.15. The molecule has 1 heterocycles. The maximum absolute atomic E-state index is 13.2. The Labute approximate surface area is 182 Å². The average Bonchev–Trinajstić information content (AvgIpc) is 2.80. The molecule has 4 rings (SSSR count). The summed E-state index contributed by atoms with van der Waals surface area (Å²) in [6.45, 7) is 1.54. The number of carbonyl (C=O) groups is 1. The Kier molecular flexibility index (Phi) is 5.38. The fraction of sp³-hybridized carbons (Fsp3) is 0.0870. The van der Waals surface area contributed by atoms with Crippen molar-refractivity contribution in [2.24, 2.45) is 0 Å². The first-order valence-corrected chi connectivity index (χ1v) is 9.61. The minimum absolute atomic E-state index is 0.0943. The van der Waals surface area contributed by atoms with E-state index in [-0.39, 0.29) is 17.1 Å². The molecule has 0 saturated heterocycles. The van der Waals surface area contributed by atoms with E-state index in [1.807, 2.05) is 0 Å². The van der Waals surface area contributed by atoms with Crippen molar-refractivity contribution >= 4 is 22.5 Å². The van der Waals surface area contributed by atoms with E-state index in [1.165, 1.54) is 25.3 Å². The van der Waals surface area contributed by atoms with Crippen LogP contribution in [-0.2, 0) is 0 Å². The second kappa shape index (κ2) is 8.31. The second-order valence-corrected chi connectivity index (χ2v) is 7.02. The number of rotatable bonds is 5. The molecule has 0 aliphatic rings. The molecule has 0 bridgehead atoms. The highest BCUT2D eigenvalue weighted by Crippen LogP contribution is 2.23. The summed E-state index contributed by atoms with van der Waals surface area (Å²) < 4.78 is 6.35. The van der Waals surface area contributed by atoms with Crippen LogP contribution in [0.1, 0.15) is 15.9 Å². The minimum Gasteiger partial charge on any atom is -0.497 e. The van der Waals surface area contributed by atoms with Gasteiger partial charge < -0.3 is 4.74 Å². The van der Waals surface area contributed by atoms with Crippen molar-refractivity contribution < 1.29 is 14.5 Å². The van der Waals surface area contributed by atoms with Gasteiger partial charge in [-0.15, -0.1) is 0 Å². The molecule has 0 atom stereocenters. The molecule has 0 aliphatic heterocycles. The minimum atomic E-state index is -0.605. The third kappa shape index (κ3) is 3.79. The van der Waals surface area contributed by atoms with Crippen molar-refractivity contribution in [1.82, 2.24) is 9.66 Å². The standard InChI is InChI=1S/C23H18N4O5/c1-14-12-16(10-11-20(14)27(30)31)22(28)25-26-21(15-6-5-7-17(13-15)32-2)24-19-9-4-3-8-18(19)23(26)29/h3-13H,1-2H3,(H,25,28). The Hall–Kier alpha value is -4.53. The Morgan fingerprint density at radius 1 is 1.09 bits per heavy atom. The molecule has 9 nitrogen and oxygen atoms in total. The molecule has 9 heteroatoms. The van der Waals surface area contributed by atoms with Gasteiger partial charge in [-0.25, -0.2) is 4.98 Å². The first kappa shape index (κ1) is 20.7. The molecule has 1 N–H and O–H groups in total. The number of nitro groups is 1. The molecule has 1 amide bonds. The fourth-order valence-electron chi connectivity index (χ4n) is 3.36. The molecule has 160 valence electrons. The van der Waals surface area contributed by atoms with Crippen LogP contribution in [-0.4, -0.2) is 27.6 Å². The number of amides is 1. The molecule has 0 aliphatic carbocycles. The maximum atomic E-state index is 13.2. The lowest BCUT2D eigenvalue weighted by atomic mass is 10.1. The van der Waals surface area contributed by atoms with Crippen molar-refractivity contribution in [3.8, 4) is 17.1 Å². The van der Waals surface area contributed by atoms with E-state index in [1.54, 1.807) is 55.5 Å². The summed E-state index contributed by atoms with van der Waals surface area (Å²) in [4.78, 5) is 41.3. The van der Waals surface area contributed by atoms with E-state index < -0.39 is 16.4 Å². The summed E-state index contributed by atoms with van der Waals surface area (Å²) in [6, 6.07) is 17.8. The van der Waals surface area contributed by atoms with Crippen LogP contribution in [0.3, 0.4) is 0 Å². The zero-order valence-corrected chi connectivity index (χ0v) is 17.2. The van der Waals surface area contributed by atoms with E-state index in [2.05, 4.69) is 10.4 Å². The number of para-hydroxylation sites is 1. The number of nitro benzene ring substituents is 1. The predicted molar refractivity (Wildman–Crippen MR) is 120 cm³/mol. The molecule has 0 saturated carbocycles. The third-order valence-corrected chi connectivity index (χ3v) is 4.97. The van der Waals surface area contributed by atoms with Gasteiger partial charge in [0.15, 0.2) is 5.82 Å². The number of nitrogens with one attached hydrogen (secondary N) is 1. The number of ether oxygens (including phenoxy) is 1. The van der Waals surface area contributed by atoms with Crippen LogP contribution in [0.5, 0.6) is 5.75 Å². The number of hydrogen-bond donors (Lipinski definition) is 1. The molecule has 32 heavy (non-hydrogen) atoms. The van der Waals surface area contributed by atoms with Crippen molar-refractivity contribution in [3.63, 3.8) is 0 Å². The summed E-state index contributed by atoms with van der Waals surface area (Å²) in [5.41, 5.74) is 3.58. The van der Waals surface area contributed by atoms with Crippen molar-refractivity contribution in [2.45, 2.75) is 6.92 Å². The topological polar surface area (TPSA) is 116 Å². The van der Waals surface area contributed by atoms with Crippen LogP contribution in [0.4, 0.5) is 5.69 Å². The van der Waals surface area contributed by atoms with Gasteiger partial charge >= 0.3 is 0 Å². The maximum Gasteiger partial charge on any atom is 0.280 e. The fourth-order valence-corrected chi connectivity index (χ4v) is 3.36. The third-order valence-electron chi connectivity index (χ3n) is 4.97. The molecule has 0 unspecified atom stereocenters.